The summed E-state index contributed by atoms with van der Waals surface area (Å²) < 4.78 is 1.01. The highest BCUT2D eigenvalue weighted by atomic mass is 79.9. The van der Waals surface area contributed by atoms with E-state index in [1.54, 1.807) is 11.3 Å². The zero-order valence-corrected chi connectivity index (χ0v) is 12.9. The van der Waals surface area contributed by atoms with Crippen molar-refractivity contribution < 1.29 is 4.79 Å². The summed E-state index contributed by atoms with van der Waals surface area (Å²) in [6, 6.07) is 2.21. The van der Waals surface area contributed by atoms with Crippen molar-refractivity contribution in [3.63, 3.8) is 0 Å². The predicted molar refractivity (Wildman–Crippen MR) is 77.9 cm³/mol. The molecule has 4 heteroatoms. The van der Waals surface area contributed by atoms with E-state index < -0.39 is 0 Å². The summed E-state index contributed by atoms with van der Waals surface area (Å²) in [6.45, 7) is 2.17. The van der Waals surface area contributed by atoms with Gasteiger partial charge in [-0.2, -0.15) is 0 Å². The predicted octanol–water partition coefficient (Wildman–Crippen LogP) is 4.07. The lowest BCUT2D eigenvalue weighted by molar-refractivity contribution is 0.0915. The van der Waals surface area contributed by atoms with Crippen LogP contribution in [0.25, 0.3) is 0 Å². The van der Waals surface area contributed by atoms with Crippen LogP contribution < -0.4 is 5.32 Å². The second-order valence-corrected chi connectivity index (χ2v) is 8.03. The second-order valence-electron chi connectivity index (χ2n) is 5.74. The van der Waals surface area contributed by atoms with Crippen LogP contribution in [0.4, 0.5) is 0 Å². The van der Waals surface area contributed by atoms with Crippen molar-refractivity contribution in [2.75, 3.05) is 0 Å². The molecule has 0 unspecified atom stereocenters. The van der Waals surface area contributed by atoms with E-state index in [4.69, 9.17) is 0 Å². The first kappa shape index (κ1) is 12.7. The Kier molecular flexibility index (Phi) is 3.50. The van der Waals surface area contributed by atoms with Crippen LogP contribution in [0.2, 0.25) is 0 Å². The van der Waals surface area contributed by atoms with Gasteiger partial charge in [0, 0.05) is 11.4 Å². The highest BCUT2D eigenvalue weighted by Crippen LogP contribution is 2.49. The molecule has 2 nitrogen and oxygen atoms in total. The Morgan fingerprint density at radius 2 is 2.33 bits per heavy atom. The molecule has 0 spiro atoms. The van der Waals surface area contributed by atoms with E-state index in [1.807, 2.05) is 11.4 Å². The average Bonchev–Trinajstić information content (AvgIpc) is 3.03. The second kappa shape index (κ2) is 4.97. The van der Waals surface area contributed by atoms with Gasteiger partial charge in [0.05, 0.1) is 9.35 Å². The number of nitrogens with one attached hydrogen (secondary N) is 1. The molecule has 1 heterocycles. The monoisotopic (exact) mass is 327 g/mol. The van der Waals surface area contributed by atoms with E-state index >= 15 is 0 Å². The lowest BCUT2D eigenvalue weighted by Gasteiger charge is -2.28. The summed E-state index contributed by atoms with van der Waals surface area (Å²) in [5, 5.41) is 5.09. The van der Waals surface area contributed by atoms with Crippen molar-refractivity contribution in [2.45, 2.75) is 38.6 Å². The average molecular weight is 328 g/mol. The highest BCUT2D eigenvalue weighted by molar-refractivity contribution is 9.11. The van der Waals surface area contributed by atoms with Gasteiger partial charge in [0.25, 0.3) is 5.91 Å². The molecule has 4 atom stereocenters. The molecule has 1 aromatic rings. The van der Waals surface area contributed by atoms with E-state index in [-0.39, 0.29) is 5.91 Å². The lowest BCUT2D eigenvalue weighted by atomic mass is 9.84. The van der Waals surface area contributed by atoms with Gasteiger partial charge in [0.1, 0.15) is 0 Å². The van der Waals surface area contributed by atoms with E-state index in [9.17, 15) is 4.79 Å². The van der Waals surface area contributed by atoms with Crippen molar-refractivity contribution >= 4 is 33.2 Å². The van der Waals surface area contributed by atoms with Gasteiger partial charge in [-0.25, -0.2) is 0 Å². The molecule has 3 rings (SSSR count). The molecule has 2 aliphatic rings. The molecule has 0 radical (unpaired) electrons. The van der Waals surface area contributed by atoms with E-state index in [2.05, 4.69) is 28.2 Å². The molecule has 1 N–H and O–H groups in total. The van der Waals surface area contributed by atoms with E-state index in [0.717, 1.165) is 21.2 Å². The Hall–Kier alpha value is -0.350. The molecule has 2 saturated carbocycles. The van der Waals surface area contributed by atoms with Crippen molar-refractivity contribution in [3.05, 3.63) is 20.8 Å². The number of hydrogen-bond donors (Lipinski definition) is 1. The molecule has 2 fully saturated rings. The number of carbonyl (C=O) groups is 1. The summed E-state index contributed by atoms with van der Waals surface area (Å²) >= 11 is 4.96. The largest absolute Gasteiger partial charge is 0.349 e. The molecule has 18 heavy (non-hydrogen) atoms. The number of halogens is 1. The van der Waals surface area contributed by atoms with Crippen LogP contribution >= 0.6 is 27.3 Å². The van der Waals surface area contributed by atoms with Crippen LogP contribution in [0.15, 0.2) is 15.2 Å². The summed E-state index contributed by atoms with van der Waals surface area (Å²) in [5.41, 5.74) is 0.780. The van der Waals surface area contributed by atoms with Crippen LogP contribution in [0, 0.1) is 17.8 Å². The number of amides is 1. The fourth-order valence-corrected chi connectivity index (χ4v) is 4.87. The zero-order valence-electron chi connectivity index (χ0n) is 10.5. The standard InChI is InChI=1S/C14H18BrNOS/c1-8(12-5-9-2-3-10(12)4-9)16-14(17)11-6-13(15)18-7-11/h6-10,12H,2-5H2,1H3,(H,16,17)/t8-,9-,10-,12-/m0/s1. The van der Waals surface area contributed by atoms with Gasteiger partial charge in [0.2, 0.25) is 0 Å². The van der Waals surface area contributed by atoms with Crippen LogP contribution in [-0.2, 0) is 0 Å². The van der Waals surface area contributed by atoms with Crippen LogP contribution in [0.1, 0.15) is 43.0 Å². The molecule has 2 bridgehead atoms. The quantitative estimate of drug-likeness (QED) is 0.890. The Balaban J connectivity index is 1.61. The third kappa shape index (κ3) is 2.37. The van der Waals surface area contributed by atoms with Gasteiger partial charge in [-0.3, -0.25) is 4.79 Å². The molecule has 2 aliphatic carbocycles. The number of rotatable bonds is 3. The van der Waals surface area contributed by atoms with Gasteiger partial charge in [-0.15, -0.1) is 11.3 Å². The molecular formula is C14H18BrNOS. The molecular weight excluding hydrogens is 310 g/mol. The molecule has 0 saturated heterocycles. The summed E-state index contributed by atoms with van der Waals surface area (Å²) in [4.78, 5) is 12.1. The smallest absolute Gasteiger partial charge is 0.252 e. The molecule has 98 valence electrons. The van der Waals surface area contributed by atoms with E-state index in [0.29, 0.717) is 12.0 Å². The number of thiophene rings is 1. The van der Waals surface area contributed by atoms with Gasteiger partial charge in [-0.1, -0.05) is 6.42 Å². The topological polar surface area (TPSA) is 29.1 Å². The first-order valence-corrected chi connectivity index (χ1v) is 8.35. The minimum absolute atomic E-state index is 0.0761. The van der Waals surface area contributed by atoms with Gasteiger partial charge >= 0.3 is 0 Å². The Labute approximate surface area is 120 Å². The maximum Gasteiger partial charge on any atom is 0.252 e. The maximum absolute atomic E-state index is 12.1. The number of carbonyl (C=O) groups excluding carboxylic acids is 1. The minimum Gasteiger partial charge on any atom is -0.349 e. The molecule has 1 aromatic heterocycles. The van der Waals surface area contributed by atoms with Crippen LogP contribution in [0.3, 0.4) is 0 Å². The summed E-state index contributed by atoms with van der Waals surface area (Å²) in [7, 11) is 0. The summed E-state index contributed by atoms with van der Waals surface area (Å²) in [6.07, 6.45) is 5.51. The van der Waals surface area contributed by atoms with Crippen LogP contribution in [0.5, 0.6) is 0 Å². The zero-order chi connectivity index (χ0) is 12.7. The lowest BCUT2D eigenvalue weighted by Crippen LogP contribution is -2.39. The molecule has 0 aliphatic heterocycles. The fourth-order valence-electron chi connectivity index (χ4n) is 3.73. The first-order chi connectivity index (χ1) is 8.63. The van der Waals surface area contributed by atoms with Crippen molar-refractivity contribution in [3.8, 4) is 0 Å². The Morgan fingerprint density at radius 1 is 1.50 bits per heavy atom. The first-order valence-electron chi connectivity index (χ1n) is 6.68. The van der Waals surface area contributed by atoms with E-state index in [1.165, 1.54) is 25.7 Å². The van der Waals surface area contributed by atoms with Crippen molar-refractivity contribution in [2.24, 2.45) is 17.8 Å². The summed E-state index contributed by atoms with van der Waals surface area (Å²) in [5.74, 6) is 2.58. The highest BCUT2D eigenvalue weighted by Gasteiger charge is 2.42. The number of hydrogen-bond acceptors (Lipinski definition) is 2. The normalized spacial score (nSPS) is 31.6. The molecule has 0 aromatic carbocycles. The third-order valence-electron chi connectivity index (χ3n) is 4.62. The fraction of sp³-hybridized carbons (Fsp3) is 0.643. The molecule has 1 amide bonds. The third-order valence-corrected chi connectivity index (χ3v) is 6.13. The van der Waals surface area contributed by atoms with Crippen molar-refractivity contribution in [1.29, 1.82) is 0 Å². The Morgan fingerprint density at radius 3 is 2.89 bits per heavy atom. The maximum atomic E-state index is 12.1. The van der Waals surface area contributed by atoms with Gasteiger partial charge in [-0.05, 0) is 65.9 Å². The number of fused-ring (bicyclic) bond motifs is 2. The SMILES string of the molecule is C[C@H](NC(=O)c1csc(Br)c1)[C@@H]1C[C@H]2CC[C@H]1C2. The van der Waals surface area contributed by atoms with Crippen LogP contribution in [-0.4, -0.2) is 11.9 Å². The Bertz CT molecular complexity index is 458. The van der Waals surface area contributed by atoms with Gasteiger partial charge in [0.15, 0.2) is 0 Å². The minimum atomic E-state index is 0.0761. The van der Waals surface area contributed by atoms with Crippen molar-refractivity contribution in [1.82, 2.24) is 5.32 Å². The van der Waals surface area contributed by atoms with Gasteiger partial charge < -0.3 is 5.32 Å².